The first-order chi connectivity index (χ1) is 15.2. The van der Waals surface area contributed by atoms with Gasteiger partial charge in [0.15, 0.2) is 5.65 Å². The molecule has 156 valence electrons. The van der Waals surface area contributed by atoms with Crippen LogP contribution in [0, 0.1) is 0 Å². The highest BCUT2D eigenvalue weighted by Gasteiger charge is 2.24. The van der Waals surface area contributed by atoms with Crippen molar-refractivity contribution in [3.05, 3.63) is 78.5 Å². The Kier molecular flexibility index (Phi) is 5.22. The lowest BCUT2D eigenvalue weighted by Gasteiger charge is -2.20. The van der Waals surface area contributed by atoms with Crippen LogP contribution in [0.2, 0.25) is 0 Å². The molecule has 1 aliphatic rings. The molecule has 4 aromatic rings. The van der Waals surface area contributed by atoms with Gasteiger partial charge in [-0.2, -0.15) is 5.10 Å². The van der Waals surface area contributed by atoms with E-state index in [0.717, 1.165) is 55.1 Å². The van der Waals surface area contributed by atoms with Crippen LogP contribution in [0.25, 0.3) is 28.2 Å². The van der Waals surface area contributed by atoms with Gasteiger partial charge in [0.05, 0.1) is 17.6 Å². The maximum atomic E-state index is 13.4. The number of carbonyl (C=O) groups excluding carboxylic acids is 1. The summed E-state index contributed by atoms with van der Waals surface area (Å²) in [6.45, 7) is 3.36. The van der Waals surface area contributed by atoms with Crippen molar-refractivity contribution in [1.29, 1.82) is 0 Å². The lowest BCUT2D eigenvalue weighted by Crippen LogP contribution is -2.34. The van der Waals surface area contributed by atoms with Crippen LogP contribution < -0.4 is 0 Å². The van der Waals surface area contributed by atoms with Gasteiger partial charge in [0.2, 0.25) is 0 Å². The van der Waals surface area contributed by atoms with Crippen LogP contribution in [0.1, 0.15) is 16.8 Å². The van der Waals surface area contributed by atoms with Crippen molar-refractivity contribution in [2.45, 2.75) is 6.42 Å². The zero-order chi connectivity index (χ0) is 21.2. The van der Waals surface area contributed by atoms with Crippen LogP contribution >= 0.6 is 0 Å². The lowest BCUT2D eigenvalue weighted by atomic mass is 10.1. The SMILES string of the molecule is CN1CCCN(C(=O)c2cnn3c(-c4ccccc4)cc(-c4ccccc4)nc23)CC1. The Morgan fingerprint density at radius 3 is 2.32 bits per heavy atom. The molecule has 6 heteroatoms. The second-order valence-electron chi connectivity index (χ2n) is 8.00. The van der Waals surface area contributed by atoms with Crippen molar-refractivity contribution in [2.24, 2.45) is 0 Å². The Labute approximate surface area is 181 Å². The van der Waals surface area contributed by atoms with Crippen molar-refractivity contribution in [3.8, 4) is 22.5 Å². The molecular formula is C25H25N5O. The predicted octanol–water partition coefficient (Wildman–Crippen LogP) is 3.84. The summed E-state index contributed by atoms with van der Waals surface area (Å²) in [5.41, 5.74) is 4.95. The van der Waals surface area contributed by atoms with Crippen LogP contribution in [0.4, 0.5) is 0 Å². The van der Waals surface area contributed by atoms with Gasteiger partial charge in [-0.15, -0.1) is 0 Å². The molecule has 0 atom stereocenters. The fraction of sp³-hybridized carbons (Fsp3) is 0.240. The van der Waals surface area contributed by atoms with E-state index in [1.165, 1.54) is 0 Å². The van der Waals surface area contributed by atoms with Crippen LogP contribution in [-0.2, 0) is 0 Å². The summed E-state index contributed by atoms with van der Waals surface area (Å²) in [4.78, 5) is 22.5. The van der Waals surface area contributed by atoms with Gasteiger partial charge in [-0.05, 0) is 26.1 Å². The summed E-state index contributed by atoms with van der Waals surface area (Å²) in [5.74, 6) is 0.00187. The Balaban J connectivity index is 1.65. The molecule has 1 saturated heterocycles. The number of rotatable bonds is 3. The number of aromatic nitrogens is 3. The summed E-state index contributed by atoms with van der Waals surface area (Å²) in [7, 11) is 2.10. The van der Waals surface area contributed by atoms with Gasteiger partial charge in [0.1, 0.15) is 5.56 Å². The van der Waals surface area contributed by atoms with Crippen LogP contribution in [0.3, 0.4) is 0 Å². The first-order valence-electron chi connectivity index (χ1n) is 10.7. The minimum atomic E-state index is 0.00187. The van der Waals surface area contributed by atoms with E-state index in [1.807, 2.05) is 59.5 Å². The average molecular weight is 412 g/mol. The van der Waals surface area contributed by atoms with Gasteiger partial charge in [0, 0.05) is 30.8 Å². The first-order valence-corrected chi connectivity index (χ1v) is 10.7. The Hall–Kier alpha value is -3.51. The van der Waals surface area contributed by atoms with E-state index in [1.54, 1.807) is 10.7 Å². The van der Waals surface area contributed by atoms with Gasteiger partial charge >= 0.3 is 0 Å². The molecule has 0 saturated carbocycles. The molecule has 6 nitrogen and oxygen atoms in total. The van der Waals surface area contributed by atoms with E-state index < -0.39 is 0 Å². The van der Waals surface area contributed by atoms with Crippen molar-refractivity contribution < 1.29 is 4.79 Å². The number of fused-ring (bicyclic) bond motifs is 1. The fourth-order valence-corrected chi connectivity index (χ4v) is 4.11. The van der Waals surface area contributed by atoms with Gasteiger partial charge in [-0.25, -0.2) is 9.50 Å². The van der Waals surface area contributed by atoms with Crippen LogP contribution in [0.5, 0.6) is 0 Å². The summed E-state index contributed by atoms with van der Waals surface area (Å²) in [5, 5.41) is 4.58. The molecule has 0 bridgehead atoms. The van der Waals surface area contributed by atoms with E-state index >= 15 is 0 Å². The minimum Gasteiger partial charge on any atom is -0.337 e. The minimum absolute atomic E-state index is 0.00187. The van der Waals surface area contributed by atoms with Crippen LogP contribution in [0.15, 0.2) is 72.9 Å². The summed E-state index contributed by atoms with van der Waals surface area (Å²) in [6.07, 6.45) is 2.64. The number of amides is 1. The molecule has 0 aliphatic carbocycles. The Morgan fingerprint density at radius 2 is 1.58 bits per heavy atom. The second kappa shape index (κ2) is 8.32. The number of hydrogen-bond acceptors (Lipinski definition) is 4. The van der Waals surface area contributed by atoms with Crippen LogP contribution in [-0.4, -0.2) is 63.5 Å². The molecule has 0 N–H and O–H groups in total. The van der Waals surface area contributed by atoms with E-state index in [0.29, 0.717) is 11.2 Å². The van der Waals surface area contributed by atoms with Gasteiger partial charge in [-0.1, -0.05) is 60.7 Å². The number of likely N-dealkylation sites (N-methyl/N-ethyl adjacent to an activating group) is 1. The van der Waals surface area contributed by atoms with E-state index in [2.05, 4.69) is 29.2 Å². The number of nitrogens with zero attached hydrogens (tertiary/aromatic N) is 5. The van der Waals surface area contributed by atoms with Crippen molar-refractivity contribution in [2.75, 3.05) is 33.2 Å². The Bertz CT molecular complexity index is 1200. The maximum Gasteiger partial charge on any atom is 0.259 e. The molecule has 31 heavy (non-hydrogen) atoms. The summed E-state index contributed by atoms with van der Waals surface area (Å²) in [6, 6.07) is 22.2. The lowest BCUT2D eigenvalue weighted by molar-refractivity contribution is 0.0764. The molecule has 2 aromatic heterocycles. The number of hydrogen-bond donors (Lipinski definition) is 0. The zero-order valence-electron chi connectivity index (χ0n) is 17.6. The third-order valence-electron chi connectivity index (χ3n) is 5.85. The Morgan fingerprint density at radius 1 is 0.871 bits per heavy atom. The highest BCUT2D eigenvalue weighted by Crippen LogP contribution is 2.27. The highest BCUT2D eigenvalue weighted by atomic mass is 16.2. The maximum absolute atomic E-state index is 13.4. The predicted molar refractivity (Wildman–Crippen MR) is 122 cm³/mol. The summed E-state index contributed by atoms with van der Waals surface area (Å²) < 4.78 is 1.79. The molecule has 5 rings (SSSR count). The van der Waals surface area contributed by atoms with Gasteiger partial charge in [-0.3, -0.25) is 4.79 Å². The van der Waals surface area contributed by atoms with Crippen molar-refractivity contribution >= 4 is 11.6 Å². The molecule has 1 amide bonds. The third kappa shape index (κ3) is 3.82. The molecule has 0 spiro atoms. The van der Waals surface area contributed by atoms with Crippen molar-refractivity contribution in [3.63, 3.8) is 0 Å². The molecular weight excluding hydrogens is 386 g/mol. The van der Waals surface area contributed by atoms with Gasteiger partial charge < -0.3 is 9.80 Å². The molecule has 0 radical (unpaired) electrons. The highest BCUT2D eigenvalue weighted by molar-refractivity contribution is 6.00. The molecule has 0 unspecified atom stereocenters. The second-order valence-corrected chi connectivity index (χ2v) is 8.00. The molecule has 3 heterocycles. The van der Waals surface area contributed by atoms with Gasteiger partial charge in [0.25, 0.3) is 5.91 Å². The smallest absolute Gasteiger partial charge is 0.259 e. The topological polar surface area (TPSA) is 53.7 Å². The van der Waals surface area contributed by atoms with E-state index in [9.17, 15) is 4.79 Å². The third-order valence-corrected chi connectivity index (χ3v) is 5.85. The molecule has 1 aliphatic heterocycles. The monoisotopic (exact) mass is 411 g/mol. The standard InChI is InChI=1S/C25H25N5O/c1-28-13-8-14-29(16-15-28)25(31)21-18-26-30-23(20-11-6-3-7-12-20)17-22(27-24(21)30)19-9-4-2-5-10-19/h2-7,9-12,17-18H,8,13-16H2,1H3. The first kappa shape index (κ1) is 19.5. The van der Waals surface area contributed by atoms with E-state index in [4.69, 9.17) is 4.98 Å². The average Bonchev–Trinajstić information content (AvgIpc) is 3.13. The molecule has 2 aromatic carbocycles. The number of carbonyl (C=O) groups is 1. The summed E-state index contributed by atoms with van der Waals surface area (Å²) >= 11 is 0. The largest absolute Gasteiger partial charge is 0.337 e. The van der Waals surface area contributed by atoms with Crippen molar-refractivity contribution in [1.82, 2.24) is 24.4 Å². The number of benzene rings is 2. The molecule has 1 fully saturated rings. The quantitative estimate of drug-likeness (QED) is 0.514. The normalized spacial score (nSPS) is 15.2. The fourth-order valence-electron chi connectivity index (χ4n) is 4.11. The zero-order valence-corrected chi connectivity index (χ0v) is 17.6. The van der Waals surface area contributed by atoms with E-state index in [-0.39, 0.29) is 5.91 Å².